The number of sulfonamides is 1. The van der Waals surface area contributed by atoms with Crippen molar-refractivity contribution in [1.82, 2.24) is 19.7 Å². The Kier molecular flexibility index (Phi) is 7.28. The summed E-state index contributed by atoms with van der Waals surface area (Å²) in [7, 11) is -1.45. The minimum Gasteiger partial charge on any atom is -0.481 e. The fourth-order valence-corrected chi connectivity index (χ4v) is 3.91. The number of ether oxygens (including phenoxy) is 2. The molecule has 0 bridgehead atoms. The van der Waals surface area contributed by atoms with Crippen LogP contribution in [0, 0.1) is 27.2 Å². The second-order valence-electron chi connectivity index (χ2n) is 6.89. The lowest BCUT2D eigenvalue weighted by Gasteiger charge is -2.10. The number of hydrogen-bond donors (Lipinski definition) is 2. The molecule has 1 amide bonds. The molecular weight excluding hydrogens is 504 g/mol. The van der Waals surface area contributed by atoms with E-state index in [0.29, 0.717) is 0 Å². The number of anilines is 2. The third-order valence-electron chi connectivity index (χ3n) is 4.57. The van der Waals surface area contributed by atoms with Crippen LogP contribution in [-0.4, -0.2) is 58.1 Å². The predicted molar refractivity (Wildman–Crippen MR) is 121 cm³/mol. The molecule has 0 fully saturated rings. The quantitative estimate of drug-likeness (QED) is 0.283. The van der Waals surface area contributed by atoms with Crippen LogP contribution in [0.2, 0.25) is 0 Å². The Balaban J connectivity index is 1.73. The Morgan fingerprint density at radius 3 is 2.28 bits per heavy atom. The molecule has 17 nitrogen and oxygen atoms in total. The molecule has 0 spiro atoms. The number of rotatable bonds is 10. The van der Waals surface area contributed by atoms with E-state index in [0.717, 1.165) is 4.68 Å². The van der Waals surface area contributed by atoms with Crippen LogP contribution >= 0.6 is 0 Å². The fourth-order valence-electron chi connectivity index (χ4n) is 2.91. The molecule has 36 heavy (non-hydrogen) atoms. The van der Waals surface area contributed by atoms with Crippen molar-refractivity contribution in [2.24, 2.45) is 0 Å². The molecule has 1 aromatic carbocycles. The van der Waals surface area contributed by atoms with E-state index in [-0.39, 0.29) is 34.0 Å². The van der Waals surface area contributed by atoms with Crippen LogP contribution in [0.4, 0.5) is 23.0 Å². The number of benzene rings is 1. The molecule has 0 saturated heterocycles. The number of nitrogens with one attached hydrogen (secondary N) is 2. The maximum Gasteiger partial charge on any atom is 0.468 e. The van der Waals surface area contributed by atoms with Crippen LogP contribution in [0.3, 0.4) is 0 Å². The van der Waals surface area contributed by atoms with E-state index in [2.05, 4.69) is 25.1 Å². The summed E-state index contributed by atoms with van der Waals surface area (Å²) in [5.74, 6) is -1.72. The lowest BCUT2D eigenvalue weighted by molar-refractivity contribution is -0.424. The summed E-state index contributed by atoms with van der Waals surface area (Å²) in [5, 5.41) is 28.1. The van der Waals surface area contributed by atoms with Crippen molar-refractivity contribution in [3.05, 3.63) is 56.3 Å². The van der Waals surface area contributed by atoms with Gasteiger partial charge in [-0.15, -0.1) is 0 Å². The van der Waals surface area contributed by atoms with E-state index in [1.54, 1.807) is 0 Å². The minimum atomic E-state index is -4.09. The SMILES string of the molecule is COc1cc(NS(=O)(=O)c2ccc(NC(=O)Cn3nc([N+](=O)[O-])c([N+](=O)[O-])c3C)cc2)nc(OC)n1. The van der Waals surface area contributed by atoms with E-state index in [9.17, 15) is 33.4 Å². The molecule has 0 atom stereocenters. The molecule has 0 aliphatic carbocycles. The molecule has 0 radical (unpaired) electrons. The summed E-state index contributed by atoms with van der Waals surface area (Å²) in [5.41, 5.74) is -0.792. The van der Waals surface area contributed by atoms with Gasteiger partial charge in [-0.25, -0.2) is 8.42 Å². The van der Waals surface area contributed by atoms with Crippen LogP contribution in [0.25, 0.3) is 0 Å². The zero-order valence-corrected chi connectivity index (χ0v) is 19.7. The molecule has 3 rings (SSSR count). The first-order chi connectivity index (χ1) is 16.9. The second-order valence-corrected chi connectivity index (χ2v) is 8.57. The molecule has 0 aliphatic rings. The first-order valence-electron chi connectivity index (χ1n) is 9.71. The fraction of sp³-hybridized carbons (Fsp3) is 0.222. The second kappa shape index (κ2) is 10.2. The molecule has 0 aliphatic heterocycles. The lowest BCUT2D eigenvalue weighted by atomic mass is 10.3. The van der Waals surface area contributed by atoms with Gasteiger partial charge in [-0.2, -0.15) is 14.6 Å². The third kappa shape index (κ3) is 5.60. The molecular formula is C18H18N8O9S. The highest BCUT2D eigenvalue weighted by molar-refractivity contribution is 7.92. The predicted octanol–water partition coefficient (Wildman–Crippen LogP) is 1.25. The van der Waals surface area contributed by atoms with E-state index in [4.69, 9.17) is 9.47 Å². The molecule has 2 heterocycles. The largest absolute Gasteiger partial charge is 0.481 e. The Bertz CT molecular complexity index is 1420. The van der Waals surface area contributed by atoms with Gasteiger partial charge in [-0.05, 0) is 36.1 Å². The summed E-state index contributed by atoms with van der Waals surface area (Å²) < 4.78 is 38.4. The molecule has 3 aromatic rings. The highest BCUT2D eigenvalue weighted by Gasteiger charge is 2.35. The van der Waals surface area contributed by atoms with Crippen molar-refractivity contribution in [3.63, 3.8) is 0 Å². The molecule has 190 valence electrons. The smallest absolute Gasteiger partial charge is 0.468 e. The average molecular weight is 522 g/mol. The van der Waals surface area contributed by atoms with Crippen LogP contribution in [0.1, 0.15) is 5.69 Å². The van der Waals surface area contributed by atoms with Crippen LogP contribution in [-0.2, 0) is 21.4 Å². The van der Waals surface area contributed by atoms with Gasteiger partial charge in [0.05, 0.1) is 29.1 Å². The van der Waals surface area contributed by atoms with Gasteiger partial charge in [0.15, 0.2) is 5.82 Å². The van der Waals surface area contributed by atoms with E-state index >= 15 is 0 Å². The number of hydrogen-bond acceptors (Lipinski definition) is 12. The van der Waals surface area contributed by atoms with Crippen LogP contribution in [0.5, 0.6) is 11.9 Å². The highest BCUT2D eigenvalue weighted by Crippen LogP contribution is 2.29. The van der Waals surface area contributed by atoms with Crippen LogP contribution < -0.4 is 19.5 Å². The number of carbonyl (C=O) groups is 1. The lowest BCUT2D eigenvalue weighted by Crippen LogP contribution is -2.20. The van der Waals surface area contributed by atoms with Gasteiger partial charge in [0.25, 0.3) is 10.0 Å². The van der Waals surface area contributed by atoms with E-state index in [1.165, 1.54) is 51.5 Å². The summed E-state index contributed by atoms with van der Waals surface area (Å²) in [6, 6.07) is 6.15. The molecule has 0 unspecified atom stereocenters. The molecule has 18 heteroatoms. The highest BCUT2D eigenvalue weighted by atomic mass is 32.2. The van der Waals surface area contributed by atoms with Crippen molar-refractivity contribution in [2.45, 2.75) is 18.4 Å². The van der Waals surface area contributed by atoms with Gasteiger partial charge in [0, 0.05) is 11.8 Å². The van der Waals surface area contributed by atoms with Crippen molar-refractivity contribution in [3.8, 4) is 11.9 Å². The van der Waals surface area contributed by atoms with Gasteiger partial charge >= 0.3 is 17.5 Å². The Labute approximate surface area is 202 Å². The number of nitro groups is 2. The maximum atomic E-state index is 12.7. The van der Waals surface area contributed by atoms with Gasteiger partial charge in [0.2, 0.25) is 11.8 Å². The van der Waals surface area contributed by atoms with E-state index in [1.807, 2.05) is 0 Å². The standard InChI is InChI=1S/C18H18N8O9S/c1-10-16(25(28)29)17(26(30)31)22-24(10)9-14(27)19-11-4-6-12(7-5-11)36(32,33)23-13-8-15(34-2)21-18(20-13)35-3/h4-8H,9H2,1-3H3,(H,19,27)(H,20,21,23). The van der Waals surface area contributed by atoms with Crippen molar-refractivity contribution < 1.29 is 32.5 Å². The molecule has 2 N–H and O–H groups in total. The number of aromatic nitrogens is 4. The first-order valence-corrected chi connectivity index (χ1v) is 11.2. The van der Waals surface area contributed by atoms with Gasteiger partial charge in [-0.3, -0.25) is 19.6 Å². The molecule has 2 aromatic heterocycles. The maximum absolute atomic E-state index is 12.7. The van der Waals surface area contributed by atoms with Gasteiger partial charge in [-0.1, -0.05) is 0 Å². The van der Waals surface area contributed by atoms with Crippen molar-refractivity contribution in [2.75, 3.05) is 24.3 Å². The number of methoxy groups -OCH3 is 2. The summed E-state index contributed by atoms with van der Waals surface area (Å²) in [6.07, 6.45) is 0. The zero-order chi connectivity index (χ0) is 26.6. The van der Waals surface area contributed by atoms with Crippen molar-refractivity contribution >= 4 is 38.9 Å². The van der Waals surface area contributed by atoms with Gasteiger partial charge in [0.1, 0.15) is 12.2 Å². The Morgan fingerprint density at radius 2 is 1.75 bits per heavy atom. The molecule has 0 saturated carbocycles. The Morgan fingerprint density at radius 1 is 1.08 bits per heavy atom. The Hall–Kier alpha value is -4.87. The number of nitrogens with zero attached hydrogens (tertiary/aromatic N) is 6. The minimum absolute atomic E-state index is 0.0701. The number of amides is 1. The van der Waals surface area contributed by atoms with Gasteiger partial charge < -0.3 is 24.9 Å². The monoisotopic (exact) mass is 522 g/mol. The number of carbonyl (C=O) groups excluding carboxylic acids is 1. The zero-order valence-electron chi connectivity index (χ0n) is 18.9. The summed E-state index contributed by atoms with van der Waals surface area (Å²) in [6.45, 7) is 0.667. The summed E-state index contributed by atoms with van der Waals surface area (Å²) in [4.78, 5) is 40.1. The average Bonchev–Trinajstić information content (AvgIpc) is 3.15. The van der Waals surface area contributed by atoms with Crippen molar-refractivity contribution in [1.29, 1.82) is 0 Å². The van der Waals surface area contributed by atoms with E-state index < -0.39 is 43.8 Å². The van der Waals surface area contributed by atoms with Crippen LogP contribution in [0.15, 0.2) is 35.2 Å². The summed E-state index contributed by atoms with van der Waals surface area (Å²) >= 11 is 0. The topological polar surface area (TPSA) is 224 Å². The first kappa shape index (κ1) is 25.7. The third-order valence-corrected chi connectivity index (χ3v) is 5.94. The normalized spacial score (nSPS) is 11.0.